The zero-order valence-electron chi connectivity index (χ0n) is 15.5. The number of rotatable bonds is 5. The van der Waals surface area contributed by atoms with E-state index in [9.17, 15) is 4.79 Å². The molecule has 2 aromatic heterocycles. The molecule has 4 aromatic rings. The number of aromatic nitrogens is 3. The van der Waals surface area contributed by atoms with E-state index in [0.29, 0.717) is 11.5 Å². The Morgan fingerprint density at radius 1 is 1.00 bits per heavy atom. The highest BCUT2D eigenvalue weighted by Crippen LogP contribution is 2.24. The van der Waals surface area contributed by atoms with Gasteiger partial charge in [-0.1, -0.05) is 6.07 Å². The minimum atomic E-state index is -0.124. The Kier molecular flexibility index (Phi) is 4.63. The molecule has 4 rings (SSSR count). The predicted octanol–water partition coefficient (Wildman–Crippen LogP) is 3.51. The van der Waals surface area contributed by atoms with Crippen molar-refractivity contribution in [2.24, 2.45) is 0 Å². The Labute approximate surface area is 162 Å². The average Bonchev–Trinajstić information content (AvgIpc) is 3.16. The second-order valence-electron chi connectivity index (χ2n) is 6.13. The van der Waals surface area contributed by atoms with Gasteiger partial charge in [-0.25, -0.2) is 4.52 Å². The van der Waals surface area contributed by atoms with Crippen molar-refractivity contribution in [3.05, 3.63) is 72.3 Å². The third-order valence-electron chi connectivity index (χ3n) is 4.38. The van der Waals surface area contributed by atoms with Gasteiger partial charge in [0.05, 0.1) is 12.8 Å². The van der Waals surface area contributed by atoms with E-state index in [4.69, 9.17) is 4.74 Å². The van der Waals surface area contributed by atoms with Crippen LogP contribution >= 0.6 is 0 Å². The van der Waals surface area contributed by atoms with E-state index >= 15 is 0 Å². The number of carbonyl (C=O) groups excluding carboxylic acids is 1. The number of benzene rings is 2. The number of ether oxygens (including phenoxy) is 1. The van der Waals surface area contributed by atoms with Gasteiger partial charge in [0, 0.05) is 23.9 Å². The Morgan fingerprint density at radius 3 is 2.43 bits per heavy atom. The topological polar surface area (TPSA) is 80.5 Å². The summed E-state index contributed by atoms with van der Waals surface area (Å²) in [6.45, 7) is 0. The third-order valence-corrected chi connectivity index (χ3v) is 4.38. The van der Waals surface area contributed by atoms with Crippen LogP contribution in [-0.2, 0) is 0 Å². The van der Waals surface area contributed by atoms with Gasteiger partial charge in [0.1, 0.15) is 5.75 Å². The number of nitrogens with one attached hydrogen (secondary N) is 2. The quantitative estimate of drug-likeness (QED) is 0.560. The van der Waals surface area contributed by atoms with E-state index < -0.39 is 0 Å². The maximum atomic E-state index is 11.6. The van der Waals surface area contributed by atoms with Gasteiger partial charge in [0.2, 0.25) is 5.95 Å². The zero-order chi connectivity index (χ0) is 19.5. The first-order chi connectivity index (χ1) is 13.7. The molecule has 0 saturated carbocycles. The molecule has 0 radical (unpaired) electrons. The zero-order valence-corrected chi connectivity index (χ0v) is 15.5. The first-order valence-corrected chi connectivity index (χ1v) is 8.77. The second-order valence-corrected chi connectivity index (χ2v) is 6.13. The Morgan fingerprint density at radius 2 is 1.75 bits per heavy atom. The van der Waals surface area contributed by atoms with E-state index in [1.54, 1.807) is 30.8 Å². The van der Waals surface area contributed by atoms with Crippen molar-refractivity contribution in [3.63, 3.8) is 0 Å². The van der Waals surface area contributed by atoms with E-state index in [0.717, 1.165) is 28.3 Å². The highest BCUT2D eigenvalue weighted by molar-refractivity contribution is 5.94. The normalized spacial score (nSPS) is 10.6. The van der Waals surface area contributed by atoms with Gasteiger partial charge in [-0.2, -0.15) is 4.98 Å². The molecule has 0 bridgehead atoms. The van der Waals surface area contributed by atoms with Crippen LogP contribution in [0.5, 0.6) is 5.75 Å². The molecule has 2 N–H and O–H groups in total. The van der Waals surface area contributed by atoms with E-state index in [1.807, 2.05) is 54.6 Å². The van der Waals surface area contributed by atoms with Gasteiger partial charge in [-0.15, -0.1) is 5.10 Å². The van der Waals surface area contributed by atoms with Crippen molar-refractivity contribution in [3.8, 4) is 17.0 Å². The predicted molar refractivity (Wildman–Crippen MR) is 108 cm³/mol. The van der Waals surface area contributed by atoms with Gasteiger partial charge >= 0.3 is 0 Å². The number of pyridine rings is 1. The van der Waals surface area contributed by atoms with Crippen LogP contribution in [0.2, 0.25) is 0 Å². The third kappa shape index (κ3) is 3.37. The number of anilines is 2. The molecule has 0 aliphatic heterocycles. The molecule has 0 aliphatic carbocycles. The number of nitrogens with zero attached hydrogens (tertiary/aromatic N) is 3. The van der Waals surface area contributed by atoms with Crippen LogP contribution in [0.3, 0.4) is 0 Å². The fourth-order valence-corrected chi connectivity index (χ4v) is 2.92. The van der Waals surface area contributed by atoms with Crippen LogP contribution < -0.4 is 15.4 Å². The largest absolute Gasteiger partial charge is 0.497 e. The molecule has 0 aliphatic rings. The highest BCUT2D eigenvalue weighted by atomic mass is 16.5. The molecule has 0 saturated heterocycles. The molecule has 2 aromatic carbocycles. The molecule has 28 heavy (non-hydrogen) atoms. The number of methoxy groups -OCH3 is 1. The average molecular weight is 373 g/mol. The molecule has 140 valence electrons. The Hall–Kier alpha value is -3.87. The number of hydrogen-bond acceptors (Lipinski definition) is 5. The number of hydrogen-bond donors (Lipinski definition) is 2. The summed E-state index contributed by atoms with van der Waals surface area (Å²) in [6.07, 6.45) is 0. The summed E-state index contributed by atoms with van der Waals surface area (Å²) in [5.41, 5.74) is 4.07. The first-order valence-electron chi connectivity index (χ1n) is 8.77. The minimum Gasteiger partial charge on any atom is -0.497 e. The maximum absolute atomic E-state index is 11.6. The lowest BCUT2D eigenvalue weighted by Crippen LogP contribution is -2.17. The summed E-state index contributed by atoms with van der Waals surface area (Å²) in [5, 5.41) is 10.4. The van der Waals surface area contributed by atoms with Crippen molar-refractivity contribution >= 4 is 23.2 Å². The lowest BCUT2D eigenvalue weighted by Gasteiger charge is -2.05. The molecule has 0 spiro atoms. The summed E-state index contributed by atoms with van der Waals surface area (Å²) < 4.78 is 7.02. The smallest absolute Gasteiger partial charge is 0.251 e. The van der Waals surface area contributed by atoms with E-state index in [1.165, 1.54) is 0 Å². The van der Waals surface area contributed by atoms with Crippen LogP contribution in [0.25, 0.3) is 16.9 Å². The molecule has 7 nitrogen and oxygen atoms in total. The van der Waals surface area contributed by atoms with E-state index in [-0.39, 0.29) is 5.91 Å². The number of fused-ring (bicyclic) bond motifs is 1. The molecule has 0 unspecified atom stereocenters. The standard InChI is InChI=1S/C21H19N5O2/c1-22-20(27)15-6-10-16(11-7-15)23-21-24-19-5-3-4-18(26(19)25-21)14-8-12-17(28-2)13-9-14/h3-13H,1-2H3,(H,22,27)(H,23,25). The monoisotopic (exact) mass is 373 g/mol. The lowest BCUT2D eigenvalue weighted by atomic mass is 10.1. The maximum Gasteiger partial charge on any atom is 0.251 e. The van der Waals surface area contributed by atoms with Crippen molar-refractivity contribution in [1.82, 2.24) is 19.9 Å². The minimum absolute atomic E-state index is 0.124. The summed E-state index contributed by atoms with van der Waals surface area (Å²) in [4.78, 5) is 16.2. The molecular weight excluding hydrogens is 354 g/mol. The fourth-order valence-electron chi connectivity index (χ4n) is 2.92. The van der Waals surface area contributed by atoms with Crippen LogP contribution in [0, 0.1) is 0 Å². The van der Waals surface area contributed by atoms with Crippen LogP contribution in [0.4, 0.5) is 11.6 Å². The van der Waals surface area contributed by atoms with Crippen molar-refractivity contribution in [2.75, 3.05) is 19.5 Å². The Balaban J connectivity index is 1.63. The summed E-state index contributed by atoms with van der Waals surface area (Å²) in [7, 11) is 3.25. The van der Waals surface area contributed by atoms with Crippen LogP contribution in [0.1, 0.15) is 10.4 Å². The highest BCUT2D eigenvalue weighted by Gasteiger charge is 2.10. The van der Waals surface area contributed by atoms with Crippen molar-refractivity contribution in [1.29, 1.82) is 0 Å². The van der Waals surface area contributed by atoms with Crippen LogP contribution in [0.15, 0.2) is 66.7 Å². The number of amides is 1. The van der Waals surface area contributed by atoms with Gasteiger partial charge in [-0.05, 0) is 60.7 Å². The van der Waals surface area contributed by atoms with E-state index in [2.05, 4.69) is 20.7 Å². The van der Waals surface area contributed by atoms with Crippen LogP contribution in [-0.4, -0.2) is 34.7 Å². The lowest BCUT2D eigenvalue weighted by molar-refractivity contribution is 0.0963. The molecule has 2 heterocycles. The molecule has 0 atom stereocenters. The number of carbonyl (C=O) groups is 1. The summed E-state index contributed by atoms with van der Waals surface area (Å²) in [6, 6.07) is 20.8. The van der Waals surface area contributed by atoms with Crippen molar-refractivity contribution in [2.45, 2.75) is 0 Å². The molecule has 1 amide bonds. The van der Waals surface area contributed by atoms with Gasteiger partial charge in [0.25, 0.3) is 5.91 Å². The SMILES string of the molecule is CNC(=O)c1ccc(Nc2nc3cccc(-c4ccc(OC)cc4)n3n2)cc1. The fraction of sp³-hybridized carbons (Fsp3) is 0.0952. The molecule has 0 fully saturated rings. The summed E-state index contributed by atoms with van der Waals surface area (Å²) >= 11 is 0. The second kappa shape index (κ2) is 7.40. The molecular formula is C21H19N5O2. The molecule has 7 heteroatoms. The van der Waals surface area contributed by atoms with Crippen molar-refractivity contribution < 1.29 is 9.53 Å². The summed E-state index contributed by atoms with van der Waals surface area (Å²) in [5.74, 6) is 1.16. The first kappa shape index (κ1) is 17.5. The van der Waals surface area contributed by atoms with Gasteiger partial charge < -0.3 is 15.4 Å². The van der Waals surface area contributed by atoms with Gasteiger partial charge in [-0.3, -0.25) is 4.79 Å². The Bertz CT molecular complexity index is 1120. The van der Waals surface area contributed by atoms with Gasteiger partial charge in [0.15, 0.2) is 5.65 Å².